The standard InChI is InChI=1S/C12H18N4O6Si/c1-9(17)20-23(21-10(2)18,22-11(3)19)6-4-5-14-12-15-7-13-8-16-12/h7-8H,4-6H2,1-3H3,(H,13,14,15,16). The summed E-state index contributed by atoms with van der Waals surface area (Å²) in [5.41, 5.74) is 0. The van der Waals surface area contributed by atoms with E-state index >= 15 is 0 Å². The Morgan fingerprint density at radius 1 is 1.00 bits per heavy atom. The van der Waals surface area contributed by atoms with E-state index in [4.69, 9.17) is 13.3 Å². The molecule has 1 aromatic heterocycles. The number of carbonyl (C=O) groups excluding carboxylic acids is 3. The largest absolute Gasteiger partial charge is 0.705 e. The third-order valence-corrected chi connectivity index (χ3v) is 5.10. The highest BCUT2D eigenvalue weighted by atomic mass is 28.4. The van der Waals surface area contributed by atoms with Gasteiger partial charge in [0.15, 0.2) is 0 Å². The van der Waals surface area contributed by atoms with Crippen molar-refractivity contribution in [2.24, 2.45) is 0 Å². The summed E-state index contributed by atoms with van der Waals surface area (Å²) in [4.78, 5) is 45.2. The van der Waals surface area contributed by atoms with Gasteiger partial charge < -0.3 is 18.6 Å². The monoisotopic (exact) mass is 342 g/mol. The summed E-state index contributed by atoms with van der Waals surface area (Å²) in [5.74, 6) is -1.70. The van der Waals surface area contributed by atoms with Crippen LogP contribution in [0.4, 0.5) is 5.95 Å². The lowest BCUT2D eigenvalue weighted by atomic mass is 10.5. The van der Waals surface area contributed by atoms with Crippen LogP contribution in [0.5, 0.6) is 0 Å². The minimum atomic E-state index is -3.76. The number of nitrogens with one attached hydrogen (secondary N) is 1. The van der Waals surface area contributed by atoms with Gasteiger partial charge in [0.2, 0.25) is 5.95 Å². The normalized spacial score (nSPS) is 10.6. The Hall–Kier alpha value is -2.56. The highest BCUT2D eigenvalue weighted by Crippen LogP contribution is 2.19. The SMILES string of the molecule is CC(=O)O[Si](CCCNc1ncncn1)(OC(C)=O)OC(C)=O. The van der Waals surface area contributed by atoms with Crippen LogP contribution in [-0.4, -0.2) is 48.2 Å². The molecule has 0 atom stereocenters. The van der Waals surface area contributed by atoms with Gasteiger partial charge in [0.05, 0.1) is 6.04 Å². The van der Waals surface area contributed by atoms with Crippen LogP contribution in [0.25, 0.3) is 0 Å². The maximum Gasteiger partial charge on any atom is 0.705 e. The summed E-state index contributed by atoms with van der Waals surface area (Å²) in [6.07, 6.45) is 3.07. The van der Waals surface area contributed by atoms with Crippen molar-refractivity contribution in [2.75, 3.05) is 11.9 Å². The Balaban J connectivity index is 2.67. The van der Waals surface area contributed by atoms with E-state index in [-0.39, 0.29) is 6.04 Å². The average Bonchev–Trinajstić information content (AvgIpc) is 2.42. The first kappa shape index (κ1) is 18.5. The molecule has 1 N–H and O–H groups in total. The first-order valence-electron chi connectivity index (χ1n) is 6.77. The second kappa shape index (κ2) is 8.78. The van der Waals surface area contributed by atoms with Crippen molar-refractivity contribution in [1.82, 2.24) is 15.0 Å². The number of rotatable bonds is 8. The zero-order valence-electron chi connectivity index (χ0n) is 13.1. The third-order valence-electron chi connectivity index (χ3n) is 2.33. The summed E-state index contributed by atoms with van der Waals surface area (Å²) in [7, 11) is -3.76. The van der Waals surface area contributed by atoms with Gasteiger partial charge in [-0.05, 0) is 6.42 Å². The topological polar surface area (TPSA) is 130 Å². The quantitative estimate of drug-likeness (QED) is 0.520. The number of hydrogen-bond acceptors (Lipinski definition) is 10. The van der Waals surface area contributed by atoms with Gasteiger partial charge in [-0.3, -0.25) is 14.4 Å². The molecule has 0 bridgehead atoms. The van der Waals surface area contributed by atoms with Crippen LogP contribution in [0, 0.1) is 0 Å². The predicted octanol–water partition coefficient (Wildman–Crippen LogP) is 0.302. The van der Waals surface area contributed by atoms with Crippen molar-refractivity contribution < 1.29 is 27.7 Å². The fourth-order valence-corrected chi connectivity index (χ4v) is 4.06. The van der Waals surface area contributed by atoms with Gasteiger partial charge in [0, 0.05) is 27.3 Å². The molecule has 11 heteroatoms. The van der Waals surface area contributed by atoms with Crippen LogP contribution in [0.15, 0.2) is 12.7 Å². The second-order valence-electron chi connectivity index (χ2n) is 4.46. The Bertz CT molecular complexity index is 515. The van der Waals surface area contributed by atoms with Crippen LogP contribution < -0.4 is 5.32 Å². The third kappa shape index (κ3) is 7.31. The van der Waals surface area contributed by atoms with Gasteiger partial charge >= 0.3 is 8.80 Å². The van der Waals surface area contributed by atoms with Crippen LogP contribution in [0.3, 0.4) is 0 Å². The predicted molar refractivity (Wildman–Crippen MR) is 78.8 cm³/mol. The zero-order chi connectivity index (χ0) is 17.3. The van der Waals surface area contributed by atoms with E-state index in [1.165, 1.54) is 12.7 Å². The van der Waals surface area contributed by atoms with E-state index in [0.29, 0.717) is 18.9 Å². The molecule has 0 aliphatic carbocycles. The van der Waals surface area contributed by atoms with Crippen molar-refractivity contribution in [3.05, 3.63) is 12.7 Å². The van der Waals surface area contributed by atoms with E-state index in [0.717, 1.165) is 20.8 Å². The smallest absolute Gasteiger partial charge is 0.455 e. The summed E-state index contributed by atoms with van der Waals surface area (Å²) < 4.78 is 15.2. The number of carbonyl (C=O) groups is 3. The molecule has 1 rings (SSSR count). The van der Waals surface area contributed by atoms with E-state index in [9.17, 15) is 14.4 Å². The molecular weight excluding hydrogens is 324 g/mol. The Morgan fingerprint density at radius 2 is 1.48 bits per heavy atom. The van der Waals surface area contributed by atoms with Gasteiger partial charge in [0.25, 0.3) is 17.9 Å². The molecular formula is C12H18N4O6Si. The lowest BCUT2D eigenvalue weighted by Gasteiger charge is -2.26. The van der Waals surface area contributed by atoms with Crippen LogP contribution >= 0.6 is 0 Å². The molecule has 1 aromatic rings. The summed E-state index contributed by atoms with van der Waals surface area (Å²) in [6.45, 7) is 3.84. The molecule has 0 aliphatic rings. The first-order chi connectivity index (χ1) is 10.8. The summed E-state index contributed by atoms with van der Waals surface area (Å²) >= 11 is 0. The summed E-state index contributed by atoms with van der Waals surface area (Å²) in [6, 6.07) is 0.0871. The molecule has 23 heavy (non-hydrogen) atoms. The van der Waals surface area contributed by atoms with Gasteiger partial charge in [-0.15, -0.1) is 0 Å². The maximum absolute atomic E-state index is 11.3. The molecule has 0 fully saturated rings. The van der Waals surface area contributed by atoms with Crippen LogP contribution in [0.1, 0.15) is 27.2 Å². The molecule has 0 radical (unpaired) electrons. The van der Waals surface area contributed by atoms with E-state index < -0.39 is 26.7 Å². The van der Waals surface area contributed by atoms with Gasteiger partial charge in [-0.25, -0.2) is 15.0 Å². The minimum absolute atomic E-state index is 0.0871. The highest BCUT2D eigenvalue weighted by Gasteiger charge is 2.51. The molecule has 0 unspecified atom stereocenters. The first-order valence-corrected chi connectivity index (χ1v) is 8.71. The lowest BCUT2D eigenvalue weighted by molar-refractivity contribution is -0.147. The van der Waals surface area contributed by atoms with Crippen molar-refractivity contribution >= 4 is 32.7 Å². The highest BCUT2D eigenvalue weighted by molar-refractivity contribution is 6.65. The van der Waals surface area contributed by atoms with Crippen LogP contribution in [0.2, 0.25) is 6.04 Å². The maximum atomic E-state index is 11.3. The Kier molecular flexibility index (Phi) is 7.05. The number of nitrogens with zero attached hydrogens (tertiary/aromatic N) is 3. The molecule has 1 heterocycles. The number of anilines is 1. The van der Waals surface area contributed by atoms with E-state index in [2.05, 4.69) is 20.3 Å². The molecule has 126 valence electrons. The van der Waals surface area contributed by atoms with Crippen LogP contribution in [-0.2, 0) is 27.7 Å². The van der Waals surface area contributed by atoms with Crippen molar-refractivity contribution in [3.8, 4) is 0 Å². The molecule has 10 nitrogen and oxygen atoms in total. The average molecular weight is 342 g/mol. The fraction of sp³-hybridized carbons (Fsp3) is 0.500. The fourth-order valence-electron chi connectivity index (χ4n) is 1.71. The minimum Gasteiger partial charge on any atom is -0.455 e. The molecule has 0 saturated carbocycles. The Morgan fingerprint density at radius 3 is 1.91 bits per heavy atom. The lowest BCUT2D eigenvalue weighted by Crippen LogP contribution is -2.49. The van der Waals surface area contributed by atoms with E-state index in [1.807, 2.05) is 0 Å². The van der Waals surface area contributed by atoms with Gasteiger partial charge in [0.1, 0.15) is 12.7 Å². The number of aromatic nitrogens is 3. The van der Waals surface area contributed by atoms with E-state index in [1.54, 1.807) is 0 Å². The second-order valence-corrected chi connectivity index (χ2v) is 6.93. The number of hydrogen-bond donors (Lipinski definition) is 1. The Labute approximate surface area is 134 Å². The van der Waals surface area contributed by atoms with Crippen molar-refractivity contribution in [2.45, 2.75) is 33.2 Å². The molecule has 0 aromatic carbocycles. The molecule has 0 aliphatic heterocycles. The van der Waals surface area contributed by atoms with Crippen molar-refractivity contribution in [1.29, 1.82) is 0 Å². The van der Waals surface area contributed by atoms with Gasteiger partial charge in [-0.2, -0.15) is 0 Å². The zero-order valence-corrected chi connectivity index (χ0v) is 14.1. The molecule has 0 spiro atoms. The molecule has 0 amide bonds. The van der Waals surface area contributed by atoms with Gasteiger partial charge in [-0.1, -0.05) is 0 Å². The van der Waals surface area contributed by atoms with Crippen molar-refractivity contribution in [3.63, 3.8) is 0 Å². The molecule has 0 saturated heterocycles. The summed E-state index contributed by atoms with van der Waals surface area (Å²) in [5, 5.41) is 2.92.